The Hall–Kier alpha value is -3.12. The van der Waals surface area contributed by atoms with Crippen LogP contribution in [-0.4, -0.2) is 56.4 Å². The molecule has 0 unspecified atom stereocenters. The van der Waals surface area contributed by atoms with Gasteiger partial charge in [-0.3, -0.25) is 4.79 Å². The van der Waals surface area contributed by atoms with Crippen LogP contribution in [0.5, 0.6) is 0 Å². The standard InChI is InChI=1S/C13H15N9O2S/c1-21(2)6-9-10(13(23)17-15-5-8-3-4-25-7-8)16-20-22(9)12-11(14)18-24-19-12/h3-5,7H,6H2,1-2H3,(H2,14,18)(H,17,23)/b15-5-. The number of aromatic nitrogens is 5. The van der Waals surface area contributed by atoms with E-state index < -0.39 is 5.91 Å². The number of anilines is 1. The number of nitrogens with one attached hydrogen (secondary N) is 1. The third-order valence-electron chi connectivity index (χ3n) is 3.06. The second kappa shape index (κ2) is 7.19. The first-order valence-corrected chi connectivity index (χ1v) is 8.04. The van der Waals surface area contributed by atoms with E-state index in [-0.39, 0.29) is 17.3 Å². The molecule has 11 nitrogen and oxygen atoms in total. The lowest BCUT2D eigenvalue weighted by atomic mass is 10.3. The van der Waals surface area contributed by atoms with E-state index in [2.05, 4.69) is 35.8 Å². The average Bonchev–Trinajstić information content (AvgIpc) is 3.28. The van der Waals surface area contributed by atoms with E-state index in [0.29, 0.717) is 12.2 Å². The second-order valence-electron chi connectivity index (χ2n) is 5.26. The molecular formula is C13H15N9O2S. The fraction of sp³-hybridized carbons (Fsp3) is 0.231. The zero-order chi connectivity index (χ0) is 17.8. The van der Waals surface area contributed by atoms with Crippen LogP contribution in [0.2, 0.25) is 0 Å². The highest BCUT2D eigenvalue weighted by Crippen LogP contribution is 2.16. The van der Waals surface area contributed by atoms with E-state index >= 15 is 0 Å². The molecule has 0 aromatic carbocycles. The molecule has 0 aliphatic rings. The molecule has 3 aromatic heterocycles. The highest BCUT2D eigenvalue weighted by atomic mass is 32.1. The molecule has 0 saturated carbocycles. The van der Waals surface area contributed by atoms with Crippen molar-refractivity contribution in [3.05, 3.63) is 33.8 Å². The first-order valence-electron chi connectivity index (χ1n) is 7.09. The van der Waals surface area contributed by atoms with Crippen molar-refractivity contribution < 1.29 is 9.42 Å². The lowest BCUT2D eigenvalue weighted by Crippen LogP contribution is -2.23. The Morgan fingerprint density at radius 2 is 2.36 bits per heavy atom. The van der Waals surface area contributed by atoms with Crippen molar-refractivity contribution in [2.24, 2.45) is 5.10 Å². The minimum Gasteiger partial charge on any atom is -0.378 e. The van der Waals surface area contributed by atoms with Crippen molar-refractivity contribution in [3.8, 4) is 5.82 Å². The Morgan fingerprint density at radius 3 is 3.00 bits per heavy atom. The van der Waals surface area contributed by atoms with Gasteiger partial charge in [0.2, 0.25) is 11.6 Å². The van der Waals surface area contributed by atoms with Crippen LogP contribution >= 0.6 is 11.3 Å². The third-order valence-corrected chi connectivity index (χ3v) is 3.76. The van der Waals surface area contributed by atoms with Gasteiger partial charge in [-0.25, -0.2) is 10.1 Å². The highest BCUT2D eigenvalue weighted by Gasteiger charge is 2.24. The molecule has 0 bridgehead atoms. The monoisotopic (exact) mass is 361 g/mol. The normalized spacial score (nSPS) is 11.5. The summed E-state index contributed by atoms with van der Waals surface area (Å²) >= 11 is 1.54. The number of carbonyl (C=O) groups is 1. The van der Waals surface area contributed by atoms with Crippen molar-refractivity contribution in [1.29, 1.82) is 0 Å². The molecule has 3 aromatic rings. The number of nitrogen functional groups attached to an aromatic ring is 1. The molecule has 0 spiro atoms. The van der Waals surface area contributed by atoms with Gasteiger partial charge in [0.15, 0.2) is 5.69 Å². The third kappa shape index (κ3) is 3.70. The number of thiophene rings is 1. The Bertz CT molecular complexity index is 881. The molecule has 0 saturated heterocycles. The number of hydrazone groups is 1. The molecular weight excluding hydrogens is 346 g/mol. The van der Waals surface area contributed by atoms with Gasteiger partial charge in [-0.2, -0.15) is 21.1 Å². The minimum atomic E-state index is -0.496. The average molecular weight is 361 g/mol. The molecule has 12 heteroatoms. The van der Waals surface area contributed by atoms with Crippen LogP contribution in [0.25, 0.3) is 5.82 Å². The summed E-state index contributed by atoms with van der Waals surface area (Å²) in [5.74, 6) is -0.276. The van der Waals surface area contributed by atoms with E-state index in [1.165, 1.54) is 16.0 Å². The quantitative estimate of drug-likeness (QED) is 0.466. The van der Waals surface area contributed by atoms with Crippen molar-refractivity contribution in [2.75, 3.05) is 19.8 Å². The van der Waals surface area contributed by atoms with Crippen molar-refractivity contribution in [2.45, 2.75) is 6.54 Å². The molecule has 3 rings (SSSR count). The molecule has 3 N–H and O–H groups in total. The van der Waals surface area contributed by atoms with Gasteiger partial charge in [0.1, 0.15) is 0 Å². The van der Waals surface area contributed by atoms with Gasteiger partial charge in [-0.1, -0.05) is 5.21 Å². The van der Waals surface area contributed by atoms with Gasteiger partial charge in [-0.05, 0) is 41.2 Å². The molecule has 1 amide bonds. The Balaban J connectivity index is 1.86. The summed E-state index contributed by atoms with van der Waals surface area (Å²) in [6.45, 7) is 0.371. The smallest absolute Gasteiger partial charge is 0.293 e. The first kappa shape index (κ1) is 16.7. The molecule has 0 atom stereocenters. The van der Waals surface area contributed by atoms with E-state index in [1.807, 2.05) is 35.8 Å². The van der Waals surface area contributed by atoms with Crippen molar-refractivity contribution >= 4 is 29.3 Å². The van der Waals surface area contributed by atoms with Crippen LogP contribution in [0.4, 0.5) is 5.82 Å². The Kier molecular flexibility index (Phi) is 4.81. The summed E-state index contributed by atoms with van der Waals surface area (Å²) in [7, 11) is 3.69. The largest absolute Gasteiger partial charge is 0.378 e. The van der Waals surface area contributed by atoms with Crippen molar-refractivity contribution in [3.63, 3.8) is 0 Å². The zero-order valence-electron chi connectivity index (χ0n) is 13.4. The molecule has 130 valence electrons. The topological polar surface area (TPSA) is 140 Å². The van der Waals surface area contributed by atoms with E-state index in [0.717, 1.165) is 5.56 Å². The lowest BCUT2D eigenvalue weighted by molar-refractivity contribution is 0.0948. The van der Waals surface area contributed by atoms with Gasteiger partial charge in [0, 0.05) is 12.1 Å². The summed E-state index contributed by atoms with van der Waals surface area (Å²) in [5, 5.41) is 22.8. The molecule has 0 fully saturated rings. The number of nitrogens with two attached hydrogens (primary N) is 1. The fourth-order valence-corrected chi connectivity index (χ4v) is 2.61. The Labute approximate surface area is 146 Å². The van der Waals surface area contributed by atoms with E-state index in [4.69, 9.17) is 5.73 Å². The van der Waals surface area contributed by atoms with E-state index in [9.17, 15) is 4.79 Å². The molecule has 3 heterocycles. The minimum absolute atomic E-state index is 0.0485. The summed E-state index contributed by atoms with van der Waals surface area (Å²) in [6, 6.07) is 1.88. The summed E-state index contributed by atoms with van der Waals surface area (Å²) < 4.78 is 5.91. The van der Waals surface area contributed by atoms with Crippen LogP contribution in [-0.2, 0) is 6.54 Å². The lowest BCUT2D eigenvalue weighted by Gasteiger charge is -2.10. The number of rotatable bonds is 6. The highest BCUT2D eigenvalue weighted by molar-refractivity contribution is 7.08. The number of hydrogen-bond donors (Lipinski definition) is 2. The van der Waals surface area contributed by atoms with Gasteiger partial charge in [0.05, 0.1) is 11.9 Å². The second-order valence-corrected chi connectivity index (χ2v) is 6.04. The fourth-order valence-electron chi connectivity index (χ4n) is 1.99. The summed E-state index contributed by atoms with van der Waals surface area (Å²) in [5.41, 5.74) is 9.62. The van der Waals surface area contributed by atoms with E-state index in [1.54, 1.807) is 6.21 Å². The molecule has 0 radical (unpaired) electrons. The summed E-state index contributed by atoms with van der Waals surface area (Å²) in [4.78, 5) is 14.2. The van der Waals surface area contributed by atoms with Crippen LogP contribution in [0.15, 0.2) is 26.6 Å². The van der Waals surface area contributed by atoms with Gasteiger partial charge >= 0.3 is 0 Å². The SMILES string of the molecule is CN(C)Cc1c(C(=O)N/N=C\c2ccsc2)nnn1-c1nonc1N. The number of amides is 1. The van der Waals surface area contributed by atoms with Crippen LogP contribution in [0, 0.1) is 0 Å². The van der Waals surface area contributed by atoms with Gasteiger partial charge in [-0.15, -0.1) is 5.10 Å². The van der Waals surface area contributed by atoms with Crippen molar-refractivity contribution in [1.82, 2.24) is 35.6 Å². The maximum atomic E-state index is 12.4. The maximum absolute atomic E-state index is 12.4. The van der Waals surface area contributed by atoms with Gasteiger partial charge < -0.3 is 10.6 Å². The zero-order valence-corrected chi connectivity index (χ0v) is 14.3. The van der Waals surface area contributed by atoms with Crippen LogP contribution in [0.3, 0.4) is 0 Å². The number of nitrogens with zero attached hydrogens (tertiary/aromatic N) is 7. The van der Waals surface area contributed by atoms with Crippen LogP contribution in [0.1, 0.15) is 21.7 Å². The molecule has 0 aliphatic carbocycles. The van der Waals surface area contributed by atoms with Gasteiger partial charge in [0.25, 0.3) is 5.91 Å². The Morgan fingerprint density at radius 1 is 1.52 bits per heavy atom. The molecule has 25 heavy (non-hydrogen) atoms. The number of carbonyl (C=O) groups excluding carboxylic acids is 1. The predicted octanol–water partition coefficient (Wildman–Crippen LogP) is 0.119. The predicted molar refractivity (Wildman–Crippen MR) is 90.4 cm³/mol. The maximum Gasteiger partial charge on any atom is 0.293 e. The van der Waals surface area contributed by atoms with Crippen LogP contribution < -0.4 is 11.2 Å². The first-order chi connectivity index (χ1) is 12.1. The summed E-state index contributed by atoms with van der Waals surface area (Å²) in [6.07, 6.45) is 1.55. The number of hydrogen-bond acceptors (Lipinski definition) is 10. The molecule has 0 aliphatic heterocycles.